The number of nitrogens with one attached hydrogen (secondary N) is 1. The molecule has 1 aliphatic rings. The fourth-order valence-electron chi connectivity index (χ4n) is 2.95. The Morgan fingerprint density at radius 1 is 1.07 bits per heavy atom. The van der Waals surface area contributed by atoms with Crippen LogP contribution in [0.3, 0.4) is 0 Å². The number of hydrogen-bond acceptors (Lipinski definition) is 6. The highest BCUT2D eigenvalue weighted by Gasteiger charge is 2.39. The second-order valence-corrected chi connectivity index (χ2v) is 6.39. The first-order valence-corrected chi connectivity index (χ1v) is 8.34. The van der Waals surface area contributed by atoms with E-state index in [-0.39, 0.29) is 23.7 Å². The molecular weight excluding hydrogens is 348 g/mol. The van der Waals surface area contributed by atoms with E-state index in [4.69, 9.17) is 0 Å². The zero-order chi connectivity index (χ0) is 19.7. The molecule has 1 atom stereocenters. The number of aryl methyl sites for hydroxylation is 1. The van der Waals surface area contributed by atoms with Gasteiger partial charge < -0.3 is 15.2 Å². The Morgan fingerprint density at radius 2 is 1.70 bits per heavy atom. The maximum absolute atomic E-state index is 12.7. The van der Waals surface area contributed by atoms with Gasteiger partial charge in [-0.1, -0.05) is 12.1 Å². The first-order chi connectivity index (χ1) is 12.8. The molecule has 27 heavy (non-hydrogen) atoms. The fourth-order valence-corrected chi connectivity index (χ4v) is 2.95. The molecule has 0 saturated carbocycles. The summed E-state index contributed by atoms with van der Waals surface area (Å²) in [5, 5.41) is 14.0. The molecule has 0 spiro atoms. The topological polar surface area (TPSA) is 107 Å². The Balaban J connectivity index is 1.83. The highest BCUT2D eigenvalue weighted by atomic mass is 16.4. The number of carbonyl (C=O) groups is 4. The lowest BCUT2D eigenvalue weighted by molar-refractivity contribution is -0.255. The summed E-state index contributed by atoms with van der Waals surface area (Å²) in [7, 11) is 0. The third kappa shape index (κ3) is 3.57. The molecule has 0 bridgehead atoms. The number of rotatable bonds is 5. The van der Waals surface area contributed by atoms with E-state index >= 15 is 0 Å². The minimum absolute atomic E-state index is 0.0171. The first-order valence-electron chi connectivity index (χ1n) is 8.34. The van der Waals surface area contributed by atoms with Gasteiger partial charge in [-0.3, -0.25) is 14.4 Å². The number of carboxylic acid groups (broad SMARTS) is 1. The van der Waals surface area contributed by atoms with Crippen molar-refractivity contribution >= 4 is 34.9 Å². The molecule has 2 aromatic rings. The summed E-state index contributed by atoms with van der Waals surface area (Å²) in [5.74, 6) is -2.24. The lowest BCUT2D eigenvalue weighted by atomic mass is 10.1. The zero-order valence-electron chi connectivity index (χ0n) is 14.8. The molecule has 1 heterocycles. The quantitative estimate of drug-likeness (QED) is 0.632. The number of carboxylic acids is 1. The Labute approximate surface area is 155 Å². The largest absolute Gasteiger partial charge is 0.545 e. The molecule has 1 N–H and O–H groups in total. The summed E-state index contributed by atoms with van der Waals surface area (Å²) in [6.07, 6.45) is -0.0533. The lowest BCUT2D eigenvalue weighted by Gasteiger charge is -2.18. The predicted molar refractivity (Wildman–Crippen MR) is 96.5 cm³/mol. The van der Waals surface area contributed by atoms with Gasteiger partial charge in [-0.2, -0.15) is 0 Å². The van der Waals surface area contributed by atoms with Crippen LogP contribution in [0, 0.1) is 6.92 Å². The van der Waals surface area contributed by atoms with E-state index in [0.717, 1.165) is 10.5 Å². The van der Waals surface area contributed by atoms with Gasteiger partial charge in [-0.05, 0) is 55.3 Å². The average molecular weight is 365 g/mol. The summed E-state index contributed by atoms with van der Waals surface area (Å²) in [6.45, 7) is 3.20. The van der Waals surface area contributed by atoms with Crippen LogP contribution in [0.2, 0.25) is 0 Å². The third-order valence-electron chi connectivity index (χ3n) is 4.48. The van der Waals surface area contributed by atoms with E-state index in [2.05, 4.69) is 5.32 Å². The molecule has 1 saturated heterocycles. The van der Waals surface area contributed by atoms with Crippen LogP contribution >= 0.6 is 0 Å². The number of carbonyl (C=O) groups excluding carboxylic acids is 4. The van der Waals surface area contributed by atoms with Gasteiger partial charge in [0.1, 0.15) is 6.04 Å². The van der Waals surface area contributed by atoms with E-state index in [9.17, 15) is 24.3 Å². The second-order valence-electron chi connectivity index (χ2n) is 6.39. The summed E-state index contributed by atoms with van der Waals surface area (Å²) >= 11 is 0. The van der Waals surface area contributed by atoms with Gasteiger partial charge in [-0.25, -0.2) is 4.90 Å². The summed E-state index contributed by atoms with van der Waals surface area (Å²) in [6, 6.07) is 9.83. The van der Waals surface area contributed by atoms with Crippen molar-refractivity contribution in [1.82, 2.24) is 0 Å². The molecule has 7 nitrogen and oxygen atoms in total. The highest BCUT2D eigenvalue weighted by molar-refractivity contribution is 6.23. The van der Waals surface area contributed by atoms with Crippen LogP contribution in [0.15, 0.2) is 42.5 Å². The van der Waals surface area contributed by atoms with E-state index in [1.807, 2.05) is 0 Å². The van der Waals surface area contributed by atoms with Crippen LogP contribution < -0.4 is 15.3 Å². The maximum atomic E-state index is 12.7. The summed E-state index contributed by atoms with van der Waals surface area (Å²) in [4.78, 5) is 48.5. The molecule has 0 unspecified atom stereocenters. The second kappa shape index (κ2) is 7.03. The molecule has 138 valence electrons. The number of ketones is 1. The number of hydrogen-bond donors (Lipinski definition) is 1. The van der Waals surface area contributed by atoms with E-state index < -0.39 is 17.9 Å². The molecule has 2 amide bonds. The molecule has 3 rings (SSSR count). The molecule has 0 aromatic heterocycles. The Hall–Kier alpha value is -3.48. The highest BCUT2D eigenvalue weighted by Crippen LogP contribution is 2.27. The fraction of sp³-hybridized carbons (Fsp3) is 0.200. The average Bonchev–Trinajstić information content (AvgIpc) is 2.90. The zero-order valence-corrected chi connectivity index (χ0v) is 14.8. The van der Waals surface area contributed by atoms with Crippen molar-refractivity contribution < 1.29 is 24.3 Å². The predicted octanol–water partition coefficient (Wildman–Crippen LogP) is 1.31. The standard InChI is InChI=1S/C20H18N2O5/c1-11-3-4-14(20(26)27)9-16(11)21-17-10-18(24)22(19(17)25)15-7-5-13(6-8-15)12(2)23/h3-9,17,21H,10H2,1-2H3,(H,26,27)/p-1/t17-/m0/s1. The smallest absolute Gasteiger partial charge is 0.256 e. The van der Waals surface area contributed by atoms with E-state index in [1.165, 1.54) is 19.1 Å². The Kier molecular flexibility index (Phi) is 4.77. The number of benzene rings is 2. The van der Waals surface area contributed by atoms with Crippen molar-refractivity contribution in [2.24, 2.45) is 0 Å². The van der Waals surface area contributed by atoms with Gasteiger partial charge in [-0.15, -0.1) is 0 Å². The van der Waals surface area contributed by atoms with Crippen molar-refractivity contribution in [3.05, 3.63) is 59.2 Å². The van der Waals surface area contributed by atoms with E-state index in [1.54, 1.807) is 37.3 Å². The Bertz CT molecular complexity index is 949. The van der Waals surface area contributed by atoms with Gasteiger partial charge in [0.2, 0.25) is 5.91 Å². The van der Waals surface area contributed by atoms with Crippen molar-refractivity contribution in [1.29, 1.82) is 0 Å². The third-order valence-corrected chi connectivity index (χ3v) is 4.48. The molecule has 1 aliphatic heterocycles. The van der Waals surface area contributed by atoms with Crippen LogP contribution in [-0.4, -0.2) is 29.6 Å². The van der Waals surface area contributed by atoms with Gasteiger partial charge in [0.05, 0.1) is 18.1 Å². The Morgan fingerprint density at radius 3 is 2.30 bits per heavy atom. The van der Waals surface area contributed by atoms with Crippen molar-refractivity contribution in [2.75, 3.05) is 10.2 Å². The van der Waals surface area contributed by atoms with Gasteiger partial charge in [0.15, 0.2) is 5.78 Å². The van der Waals surface area contributed by atoms with Crippen LogP contribution in [0.4, 0.5) is 11.4 Å². The SMILES string of the molecule is CC(=O)c1ccc(N2C(=O)C[C@H](Nc3cc(C(=O)[O-])ccc3C)C2=O)cc1. The van der Waals surface area contributed by atoms with Crippen molar-refractivity contribution in [2.45, 2.75) is 26.3 Å². The maximum Gasteiger partial charge on any atom is 0.256 e. The van der Waals surface area contributed by atoms with Gasteiger partial charge >= 0.3 is 0 Å². The summed E-state index contributed by atoms with van der Waals surface area (Å²) < 4.78 is 0. The number of imide groups is 1. The van der Waals surface area contributed by atoms with Crippen molar-refractivity contribution in [3.8, 4) is 0 Å². The number of Topliss-reactive ketones (excluding diaryl/α,β-unsaturated/α-hetero) is 1. The monoisotopic (exact) mass is 365 g/mol. The van der Waals surface area contributed by atoms with Crippen LogP contribution in [0.5, 0.6) is 0 Å². The molecule has 0 aliphatic carbocycles. The normalized spacial score (nSPS) is 16.5. The first kappa shape index (κ1) is 18.3. The van der Waals surface area contributed by atoms with Gasteiger partial charge in [0, 0.05) is 11.3 Å². The number of nitrogens with zero attached hydrogens (tertiary/aromatic N) is 1. The number of amides is 2. The van der Waals surface area contributed by atoms with Gasteiger partial charge in [0.25, 0.3) is 5.91 Å². The lowest BCUT2D eigenvalue weighted by Crippen LogP contribution is -2.35. The van der Waals surface area contributed by atoms with Crippen LogP contribution in [0.1, 0.15) is 39.6 Å². The minimum Gasteiger partial charge on any atom is -0.545 e. The van der Waals surface area contributed by atoms with Crippen LogP contribution in [-0.2, 0) is 9.59 Å². The van der Waals surface area contributed by atoms with Crippen molar-refractivity contribution in [3.63, 3.8) is 0 Å². The summed E-state index contributed by atoms with van der Waals surface area (Å²) in [5.41, 5.74) is 2.06. The van der Waals surface area contributed by atoms with Crippen LogP contribution in [0.25, 0.3) is 0 Å². The molecule has 1 fully saturated rings. The number of anilines is 2. The van der Waals surface area contributed by atoms with E-state index in [0.29, 0.717) is 16.9 Å². The molecule has 2 aromatic carbocycles. The molecular formula is C20H17N2O5-. The molecule has 7 heteroatoms. The minimum atomic E-state index is -1.32. The molecule has 0 radical (unpaired) electrons. The number of aromatic carboxylic acids is 1.